The molecule has 0 spiro atoms. The van der Waals surface area contributed by atoms with Gasteiger partial charge in [0.1, 0.15) is 5.60 Å². The molecule has 1 aromatic rings. The summed E-state index contributed by atoms with van der Waals surface area (Å²) in [6.45, 7) is 8.99. The Morgan fingerprint density at radius 1 is 1.37 bits per heavy atom. The van der Waals surface area contributed by atoms with Gasteiger partial charge in [-0.25, -0.2) is 0 Å². The third kappa shape index (κ3) is 2.81. The molecular weight excluding hydrogens is 238 g/mol. The number of benzene rings is 1. The Morgan fingerprint density at radius 2 is 2.00 bits per heavy atom. The lowest BCUT2D eigenvalue weighted by atomic mass is 9.82. The molecule has 3 heteroatoms. The molecule has 0 atom stereocenters. The Balaban J connectivity index is 1.98. The highest BCUT2D eigenvalue weighted by Crippen LogP contribution is 2.29. The number of rotatable bonds is 3. The number of hydrogen-bond acceptors (Lipinski definition) is 2. The van der Waals surface area contributed by atoms with Crippen LogP contribution in [0.2, 0.25) is 0 Å². The summed E-state index contributed by atoms with van der Waals surface area (Å²) in [5.74, 6) is 0.302. The van der Waals surface area contributed by atoms with Crippen LogP contribution < -0.4 is 0 Å². The van der Waals surface area contributed by atoms with E-state index in [-0.39, 0.29) is 11.8 Å². The lowest BCUT2D eigenvalue weighted by Crippen LogP contribution is -2.66. The zero-order valence-corrected chi connectivity index (χ0v) is 12.2. The van der Waals surface area contributed by atoms with Crippen LogP contribution in [0.1, 0.15) is 30.5 Å². The molecule has 0 aromatic heterocycles. The predicted octanol–water partition coefficient (Wildman–Crippen LogP) is 2.08. The van der Waals surface area contributed by atoms with E-state index < -0.39 is 5.60 Å². The van der Waals surface area contributed by atoms with Crippen molar-refractivity contribution >= 4 is 5.91 Å². The van der Waals surface area contributed by atoms with Gasteiger partial charge in [-0.15, -0.1) is 0 Å². The van der Waals surface area contributed by atoms with Crippen molar-refractivity contribution in [1.29, 1.82) is 0 Å². The Bertz CT molecular complexity index is 488. The Hall–Kier alpha value is -1.35. The van der Waals surface area contributed by atoms with Crippen LogP contribution in [0.4, 0.5) is 0 Å². The third-order valence-corrected chi connectivity index (χ3v) is 4.20. The number of aryl methyl sites for hydroxylation is 2. The Kier molecular flexibility index (Phi) is 3.68. The zero-order valence-electron chi connectivity index (χ0n) is 12.2. The van der Waals surface area contributed by atoms with Crippen molar-refractivity contribution in [2.45, 2.75) is 39.7 Å². The van der Waals surface area contributed by atoms with E-state index in [4.69, 9.17) is 0 Å². The normalized spacial score (nSPS) is 17.5. The number of carbonyl (C=O) groups excluding carboxylic acids is 1. The summed E-state index contributed by atoms with van der Waals surface area (Å²) in [5, 5.41) is 10.2. The van der Waals surface area contributed by atoms with Gasteiger partial charge in [-0.2, -0.15) is 0 Å². The highest BCUT2D eigenvalue weighted by Gasteiger charge is 2.45. The number of amides is 1. The molecule has 1 saturated heterocycles. The minimum Gasteiger partial charge on any atom is -0.386 e. The van der Waals surface area contributed by atoms with Crippen LogP contribution in [-0.4, -0.2) is 34.6 Å². The lowest BCUT2D eigenvalue weighted by Gasteiger charge is -2.49. The number of carbonyl (C=O) groups is 1. The molecule has 3 nitrogen and oxygen atoms in total. The van der Waals surface area contributed by atoms with Gasteiger partial charge in [0, 0.05) is 0 Å². The fourth-order valence-electron chi connectivity index (χ4n) is 2.42. The highest BCUT2D eigenvalue weighted by molar-refractivity contribution is 5.80. The number of aliphatic hydroxyl groups is 1. The van der Waals surface area contributed by atoms with Crippen LogP contribution in [0.25, 0.3) is 0 Å². The summed E-state index contributed by atoms with van der Waals surface area (Å²) in [5.41, 5.74) is 2.73. The summed E-state index contributed by atoms with van der Waals surface area (Å²) >= 11 is 0. The monoisotopic (exact) mass is 261 g/mol. The largest absolute Gasteiger partial charge is 0.386 e. The second kappa shape index (κ2) is 4.97. The van der Waals surface area contributed by atoms with Crippen LogP contribution in [0.15, 0.2) is 18.2 Å². The van der Waals surface area contributed by atoms with E-state index in [9.17, 15) is 9.90 Å². The van der Waals surface area contributed by atoms with Crippen LogP contribution in [0, 0.1) is 19.8 Å². The molecular formula is C16H23NO2. The van der Waals surface area contributed by atoms with Gasteiger partial charge < -0.3 is 10.0 Å². The average molecular weight is 261 g/mol. The SMILES string of the molecule is Cc1ccc(C)c(CC(=O)N2CC(O)(C(C)C)C2)c1. The smallest absolute Gasteiger partial charge is 0.227 e. The van der Waals surface area contributed by atoms with Crippen molar-refractivity contribution in [3.05, 3.63) is 34.9 Å². The molecule has 1 aliphatic rings. The molecule has 0 saturated carbocycles. The van der Waals surface area contributed by atoms with Gasteiger partial charge in [0.25, 0.3) is 0 Å². The van der Waals surface area contributed by atoms with E-state index in [0.29, 0.717) is 19.5 Å². The van der Waals surface area contributed by atoms with Gasteiger partial charge in [0.2, 0.25) is 5.91 Å². The number of nitrogens with zero attached hydrogens (tertiary/aromatic N) is 1. The summed E-state index contributed by atoms with van der Waals surface area (Å²) in [6, 6.07) is 6.19. The summed E-state index contributed by atoms with van der Waals surface area (Å²) in [6.07, 6.45) is 0.432. The van der Waals surface area contributed by atoms with E-state index in [1.807, 2.05) is 27.7 Å². The first-order chi connectivity index (χ1) is 8.82. The van der Waals surface area contributed by atoms with E-state index in [1.165, 1.54) is 5.56 Å². The Morgan fingerprint density at radius 3 is 2.58 bits per heavy atom. The van der Waals surface area contributed by atoms with Crippen molar-refractivity contribution in [2.75, 3.05) is 13.1 Å². The molecule has 1 heterocycles. The summed E-state index contributed by atoms with van der Waals surface area (Å²) in [4.78, 5) is 13.9. The van der Waals surface area contributed by atoms with Gasteiger partial charge in [0.05, 0.1) is 19.5 Å². The number of likely N-dealkylation sites (tertiary alicyclic amines) is 1. The molecule has 0 aliphatic carbocycles. The van der Waals surface area contributed by atoms with Crippen LogP contribution >= 0.6 is 0 Å². The highest BCUT2D eigenvalue weighted by atomic mass is 16.3. The van der Waals surface area contributed by atoms with Crippen LogP contribution in [-0.2, 0) is 11.2 Å². The van der Waals surface area contributed by atoms with Crippen molar-refractivity contribution in [2.24, 2.45) is 5.92 Å². The van der Waals surface area contributed by atoms with E-state index in [2.05, 4.69) is 18.2 Å². The summed E-state index contributed by atoms with van der Waals surface area (Å²) in [7, 11) is 0. The topological polar surface area (TPSA) is 40.5 Å². The minimum absolute atomic E-state index is 0.110. The van der Waals surface area contributed by atoms with Gasteiger partial charge in [-0.05, 0) is 30.9 Å². The average Bonchev–Trinajstić information content (AvgIpc) is 2.29. The maximum atomic E-state index is 12.2. The molecule has 1 fully saturated rings. The number of β-amino-alcohol motifs (C(OH)–C–C–N with tert-alkyl or cyclic N) is 1. The molecule has 19 heavy (non-hydrogen) atoms. The fraction of sp³-hybridized carbons (Fsp3) is 0.562. The molecule has 1 aliphatic heterocycles. The van der Waals surface area contributed by atoms with E-state index >= 15 is 0 Å². The van der Waals surface area contributed by atoms with Gasteiger partial charge in [-0.1, -0.05) is 37.6 Å². The maximum absolute atomic E-state index is 12.2. The van der Waals surface area contributed by atoms with Crippen molar-refractivity contribution in [3.63, 3.8) is 0 Å². The number of hydrogen-bond donors (Lipinski definition) is 1. The second-order valence-electron chi connectivity index (χ2n) is 6.11. The minimum atomic E-state index is -0.683. The van der Waals surface area contributed by atoms with Crippen molar-refractivity contribution < 1.29 is 9.90 Å². The summed E-state index contributed by atoms with van der Waals surface area (Å²) < 4.78 is 0. The van der Waals surface area contributed by atoms with Crippen LogP contribution in [0.5, 0.6) is 0 Å². The molecule has 2 rings (SSSR count). The van der Waals surface area contributed by atoms with Gasteiger partial charge in [-0.3, -0.25) is 4.79 Å². The molecule has 104 valence electrons. The third-order valence-electron chi connectivity index (χ3n) is 4.20. The standard InChI is InChI=1S/C16H23NO2/c1-11(2)16(19)9-17(10-16)15(18)8-14-7-12(3)5-6-13(14)4/h5-7,11,19H,8-10H2,1-4H3. The molecule has 0 bridgehead atoms. The van der Waals surface area contributed by atoms with E-state index in [0.717, 1.165) is 11.1 Å². The first-order valence-electron chi connectivity index (χ1n) is 6.88. The van der Waals surface area contributed by atoms with E-state index in [1.54, 1.807) is 4.90 Å². The second-order valence-corrected chi connectivity index (χ2v) is 6.11. The molecule has 1 amide bonds. The molecule has 1 aromatic carbocycles. The fourth-order valence-corrected chi connectivity index (χ4v) is 2.42. The maximum Gasteiger partial charge on any atom is 0.227 e. The van der Waals surface area contributed by atoms with Crippen molar-refractivity contribution in [1.82, 2.24) is 4.90 Å². The first kappa shape index (κ1) is 14.1. The molecule has 1 N–H and O–H groups in total. The van der Waals surface area contributed by atoms with Gasteiger partial charge in [0.15, 0.2) is 0 Å². The lowest BCUT2D eigenvalue weighted by molar-refractivity contribution is -0.163. The zero-order chi connectivity index (χ0) is 14.2. The van der Waals surface area contributed by atoms with Gasteiger partial charge >= 0.3 is 0 Å². The quantitative estimate of drug-likeness (QED) is 0.905. The molecule has 0 radical (unpaired) electrons. The Labute approximate surface area is 115 Å². The first-order valence-corrected chi connectivity index (χ1v) is 6.88. The molecule has 0 unspecified atom stereocenters. The predicted molar refractivity (Wildman–Crippen MR) is 76.0 cm³/mol. The van der Waals surface area contributed by atoms with Crippen LogP contribution in [0.3, 0.4) is 0 Å². The van der Waals surface area contributed by atoms with Crippen molar-refractivity contribution in [3.8, 4) is 0 Å².